The fraction of sp³-hybridized carbons (Fsp3) is 0.263. The van der Waals surface area contributed by atoms with Crippen molar-refractivity contribution in [1.29, 1.82) is 0 Å². The number of Topliss-reactive ketones (excluding diaryl/α,β-unsaturated/α-hetero) is 1. The zero-order valence-corrected chi connectivity index (χ0v) is 14.5. The van der Waals surface area contributed by atoms with Crippen LogP contribution >= 0.6 is 0 Å². The molecule has 0 saturated carbocycles. The number of aromatic hydroxyl groups is 1. The van der Waals surface area contributed by atoms with E-state index in [4.69, 9.17) is 5.73 Å². The van der Waals surface area contributed by atoms with Crippen LogP contribution in [0.15, 0.2) is 53.8 Å². The smallest absolute Gasteiger partial charge is 0.252 e. The number of benzene rings is 2. The Balaban J connectivity index is 2.02. The van der Waals surface area contributed by atoms with Gasteiger partial charge in [0.05, 0.1) is 10.8 Å². The summed E-state index contributed by atoms with van der Waals surface area (Å²) in [5.41, 5.74) is 6.35. The molecule has 2 rings (SSSR count). The van der Waals surface area contributed by atoms with E-state index in [1.807, 2.05) is 37.3 Å². The Labute approximate surface area is 151 Å². The van der Waals surface area contributed by atoms with Gasteiger partial charge in [-0.1, -0.05) is 30.3 Å². The highest BCUT2D eigenvalue weighted by atomic mass is 16.3. The number of phenols is 1. The maximum absolute atomic E-state index is 12.4. The largest absolute Gasteiger partial charge is 0.507 e. The minimum absolute atomic E-state index is 0.140. The molecule has 0 bridgehead atoms. The topological polar surface area (TPSA) is 113 Å². The highest BCUT2D eigenvalue weighted by Gasteiger charge is 2.19. The van der Waals surface area contributed by atoms with Gasteiger partial charge in [-0.3, -0.25) is 14.6 Å². The predicted molar refractivity (Wildman–Crippen MR) is 97.7 cm³/mol. The second-order valence-corrected chi connectivity index (χ2v) is 6.07. The van der Waals surface area contributed by atoms with Gasteiger partial charge in [0.15, 0.2) is 5.78 Å². The van der Waals surface area contributed by atoms with Crippen LogP contribution in [0, 0.1) is 4.91 Å². The zero-order chi connectivity index (χ0) is 19.1. The first-order valence-corrected chi connectivity index (χ1v) is 8.22. The summed E-state index contributed by atoms with van der Waals surface area (Å²) in [5, 5.41) is 13.7. The molecule has 3 N–H and O–H groups in total. The highest BCUT2D eigenvalue weighted by Crippen LogP contribution is 2.19. The highest BCUT2D eigenvalue weighted by molar-refractivity contribution is 6.02. The molecule has 1 amide bonds. The Hall–Kier alpha value is -3.22. The maximum Gasteiger partial charge on any atom is 0.252 e. The van der Waals surface area contributed by atoms with Crippen molar-refractivity contribution in [2.24, 2.45) is 11.0 Å². The number of hydrogen-bond acceptors (Lipinski definition) is 5. The van der Waals surface area contributed by atoms with Crippen molar-refractivity contribution >= 4 is 11.7 Å². The van der Waals surface area contributed by atoms with E-state index in [1.165, 1.54) is 23.2 Å². The molecule has 0 aliphatic carbocycles. The standard InChI is InChI=1S/C19H21N3O4/c1-13(7-8-14-5-3-2-4-6-14)22(21-26)12-18(24)15-9-10-17(23)16(11-15)19(20)25/h2-6,9-11,13,23H,7-8,12H2,1H3,(H2,20,25). The fourth-order valence-electron chi connectivity index (χ4n) is 2.58. The molecule has 1 unspecified atom stereocenters. The predicted octanol–water partition coefficient (Wildman–Crippen LogP) is 2.68. The number of nitroso groups, excluding NO2 is 1. The number of primary amides is 1. The van der Waals surface area contributed by atoms with Gasteiger partial charge >= 0.3 is 0 Å². The van der Waals surface area contributed by atoms with Crippen molar-refractivity contribution in [3.8, 4) is 5.75 Å². The molecule has 0 saturated heterocycles. The summed E-state index contributed by atoms with van der Waals surface area (Å²) >= 11 is 0. The number of aryl methyl sites for hydroxylation is 1. The van der Waals surface area contributed by atoms with Crippen molar-refractivity contribution in [2.75, 3.05) is 6.54 Å². The average Bonchev–Trinajstić information content (AvgIpc) is 2.64. The number of nitrogens with two attached hydrogens (primary N) is 1. The summed E-state index contributed by atoms with van der Waals surface area (Å²) in [6.07, 6.45) is 1.42. The Bertz CT molecular complexity index is 793. The van der Waals surface area contributed by atoms with Crippen molar-refractivity contribution in [3.05, 3.63) is 70.1 Å². The first-order valence-electron chi connectivity index (χ1n) is 8.22. The third-order valence-corrected chi connectivity index (χ3v) is 4.20. The van der Waals surface area contributed by atoms with Gasteiger partial charge in [-0.05, 0) is 43.5 Å². The minimum atomic E-state index is -0.834. The quantitative estimate of drug-likeness (QED) is 0.408. The Morgan fingerprint density at radius 2 is 1.88 bits per heavy atom. The molecular formula is C19H21N3O4. The Kier molecular flexibility index (Phi) is 6.43. The third kappa shape index (κ3) is 4.89. The number of hydrogen-bond donors (Lipinski definition) is 2. The second kappa shape index (κ2) is 8.75. The minimum Gasteiger partial charge on any atom is -0.507 e. The van der Waals surface area contributed by atoms with Crippen molar-refractivity contribution in [1.82, 2.24) is 5.01 Å². The Morgan fingerprint density at radius 1 is 1.19 bits per heavy atom. The van der Waals surface area contributed by atoms with Crippen LogP contribution in [0.25, 0.3) is 0 Å². The molecule has 7 nitrogen and oxygen atoms in total. The molecule has 0 aliphatic rings. The van der Waals surface area contributed by atoms with E-state index in [-0.39, 0.29) is 29.5 Å². The van der Waals surface area contributed by atoms with Crippen molar-refractivity contribution in [2.45, 2.75) is 25.8 Å². The van der Waals surface area contributed by atoms with E-state index in [1.54, 1.807) is 0 Å². The van der Waals surface area contributed by atoms with E-state index in [2.05, 4.69) is 5.29 Å². The lowest BCUT2D eigenvalue weighted by atomic mass is 10.0. The van der Waals surface area contributed by atoms with Crippen LogP contribution in [0.3, 0.4) is 0 Å². The van der Waals surface area contributed by atoms with Crippen LogP contribution in [0.1, 0.15) is 39.6 Å². The van der Waals surface area contributed by atoms with E-state index in [0.29, 0.717) is 6.42 Å². The van der Waals surface area contributed by atoms with E-state index < -0.39 is 11.7 Å². The SMILES string of the molecule is CC(CCc1ccccc1)N(CC(=O)c1ccc(O)c(C(N)=O)c1)N=O. The number of carbonyl (C=O) groups excluding carboxylic acids is 2. The molecule has 136 valence electrons. The molecule has 0 aliphatic heterocycles. The van der Waals surface area contributed by atoms with Gasteiger partial charge in [0.25, 0.3) is 5.91 Å². The lowest BCUT2D eigenvalue weighted by Gasteiger charge is -2.22. The number of nitrogens with zero attached hydrogens (tertiary/aromatic N) is 2. The molecule has 0 spiro atoms. The van der Waals surface area contributed by atoms with Gasteiger partial charge in [0.2, 0.25) is 0 Å². The molecule has 1 atom stereocenters. The van der Waals surface area contributed by atoms with Crippen LogP contribution in [0.5, 0.6) is 5.75 Å². The number of amides is 1. The lowest BCUT2D eigenvalue weighted by Crippen LogP contribution is -2.33. The van der Waals surface area contributed by atoms with Crippen LogP contribution in [0.2, 0.25) is 0 Å². The zero-order valence-electron chi connectivity index (χ0n) is 14.5. The van der Waals surface area contributed by atoms with Gasteiger partial charge in [0.1, 0.15) is 12.3 Å². The first kappa shape index (κ1) is 19.1. The summed E-state index contributed by atoms with van der Waals surface area (Å²) in [5.74, 6) is -1.52. The first-order chi connectivity index (χ1) is 12.4. The van der Waals surface area contributed by atoms with Crippen molar-refractivity contribution < 1.29 is 14.7 Å². The summed E-state index contributed by atoms with van der Waals surface area (Å²) in [4.78, 5) is 34.8. The van der Waals surface area contributed by atoms with Gasteiger partial charge < -0.3 is 10.8 Å². The average molecular weight is 355 g/mol. The van der Waals surface area contributed by atoms with Crippen LogP contribution in [0.4, 0.5) is 0 Å². The Morgan fingerprint density at radius 3 is 2.50 bits per heavy atom. The van der Waals surface area contributed by atoms with Gasteiger partial charge in [-0.15, -0.1) is 4.91 Å². The summed E-state index contributed by atoms with van der Waals surface area (Å²) in [7, 11) is 0. The lowest BCUT2D eigenvalue weighted by molar-refractivity contribution is 0.0896. The third-order valence-electron chi connectivity index (χ3n) is 4.20. The van der Waals surface area contributed by atoms with Crippen LogP contribution in [-0.2, 0) is 6.42 Å². The van der Waals surface area contributed by atoms with Crippen molar-refractivity contribution in [3.63, 3.8) is 0 Å². The summed E-state index contributed by atoms with van der Waals surface area (Å²) in [6, 6.07) is 13.4. The van der Waals surface area contributed by atoms with E-state index >= 15 is 0 Å². The molecule has 2 aromatic carbocycles. The number of rotatable bonds is 9. The molecule has 26 heavy (non-hydrogen) atoms. The summed E-state index contributed by atoms with van der Waals surface area (Å²) < 4.78 is 0. The maximum atomic E-state index is 12.4. The molecule has 0 heterocycles. The van der Waals surface area contributed by atoms with Gasteiger partial charge in [-0.25, -0.2) is 0 Å². The summed E-state index contributed by atoms with van der Waals surface area (Å²) in [6.45, 7) is 1.60. The van der Waals surface area contributed by atoms with Gasteiger partial charge in [0, 0.05) is 11.6 Å². The molecule has 0 radical (unpaired) electrons. The molecule has 7 heteroatoms. The normalized spacial score (nSPS) is 11.6. The molecular weight excluding hydrogens is 334 g/mol. The van der Waals surface area contributed by atoms with Crippen LogP contribution in [-0.4, -0.2) is 34.4 Å². The van der Waals surface area contributed by atoms with Crippen LogP contribution < -0.4 is 5.73 Å². The monoisotopic (exact) mass is 355 g/mol. The second-order valence-electron chi connectivity index (χ2n) is 6.07. The number of carbonyl (C=O) groups is 2. The molecule has 0 fully saturated rings. The van der Waals surface area contributed by atoms with Gasteiger partial charge in [-0.2, -0.15) is 0 Å². The van der Waals surface area contributed by atoms with E-state index in [0.717, 1.165) is 12.0 Å². The fourth-order valence-corrected chi connectivity index (χ4v) is 2.58. The number of ketones is 1. The van der Waals surface area contributed by atoms with E-state index in [9.17, 15) is 19.6 Å². The molecule has 0 aromatic heterocycles. The molecule has 2 aromatic rings.